The van der Waals surface area contributed by atoms with E-state index in [0.29, 0.717) is 17.9 Å². The number of carbonyl (C=O) groups is 1. The minimum absolute atomic E-state index is 0.148. The van der Waals surface area contributed by atoms with Gasteiger partial charge in [-0.25, -0.2) is 4.79 Å². The van der Waals surface area contributed by atoms with Gasteiger partial charge in [0.1, 0.15) is 0 Å². The molecule has 1 unspecified atom stereocenters. The number of rotatable bonds is 5. The van der Waals surface area contributed by atoms with Crippen molar-refractivity contribution in [2.45, 2.75) is 18.9 Å². The average molecular weight is 374 g/mol. The van der Waals surface area contributed by atoms with Crippen LogP contribution in [0.25, 0.3) is 0 Å². The lowest BCUT2D eigenvalue weighted by atomic mass is 10.0. The molecule has 0 saturated carbocycles. The summed E-state index contributed by atoms with van der Waals surface area (Å²) in [5, 5.41) is 11.3. The molecule has 0 amide bonds. The third-order valence-electron chi connectivity index (χ3n) is 3.43. The van der Waals surface area contributed by atoms with E-state index in [1.807, 2.05) is 6.07 Å². The van der Waals surface area contributed by atoms with E-state index < -0.39 is 12.1 Å². The lowest BCUT2D eigenvalue weighted by molar-refractivity contribution is 0.0601. The lowest BCUT2D eigenvalue weighted by Gasteiger charge is -2.13. The topological polar surface area (TPSA) is 46.5 Å². The first-order valence-corrected chi connectivity index (χ1v) is 8.05. The Morgan fingerprint density at radius 3 is 2.39 bits per heavy atom. The number of carbonyl (C=O) groups excluding carboxylic acids is 1. The first-order valence-electron chi connectivity index (χ1n) is 6.92. The van der Waals surface area contributed by atoms with Gasteiger partial charge in [-0.1, -0.05) is 46.9 Å². The zero-order valence-electron chi connectivity index (χ0n) is 12.4. The van der Waals surface area contributed by atoms with Gasteiger partial charge < -0.3 is 9.84 Å². The molecule has 0 aliphatic rings. The second-order valence-corrected chi connectivity index (χ2v) is 6.29. The molecule has 0 spiro atoms. The van der Waals surface area contributed by atoms with Gasteiger partial charge >= 0.3 is 5.97 Å². The van der Waals surface area contributed by atoms with Crippen LogP contribution in [0.4, 0.5) is 0 Å². The van der Waals surface area contributed by atoms with Gasteiger partial charge in [-0.05, 0) is 48.2 Å². The fourth-order valence-corrected chi connectivity index (χ4v) is 3.14. The summed E-state index contributed by atoms with van der Waals surface area (Å²) in [6.07, 6.45) is 0.380. The van der Waals surface area contributed by atoms with Crippen molar-refractivity contribution in [2.75, 3.05) is 7.11 Å². The van der Waals surface area contributed by atoms with Crippen LogP contribution in [0.1, 0.15) is 34.0 Å². The second-order valence-electron chi connectivity index (χ2n) is 5.04. The number of hydrogen-bond acceptors (Lipinski definition) is 3. The Morgan fingerprint density at radius 1 is 1.17 bits per heavy atom. The van der Waals surface area contributed by atoms with Crippen LogP contribution < -0.4 is 0 Å². The number of hydrogen-bond donors (Lipinski definition) is 1. The van der Waals surface area contributed by atoms with Crippen molar-refractivity contribution in [2.24, 2.45) is 0 Å². The molecule has 0 heterocycles. The highest BCUT2D eigenvalue weighted by Gasteiger charge is 2.17. The summed E-state index contributed by atoms with van der Waals surface area (Å²) in [5.74, 6) is -0.578. The Bertz CT molecular complexity index is 693. The van der Waals surface area contributed by atoms with E-state index in [4.69, 9.17) is 34.8 Å². The maximum atomic E-state index is 11.6. The van der Waals surface area contributed by atoms with Crippen LogP contribution in [-0.2, 0) is 11.2 Å². The van der Waals surface area contributed by atoms with Crippen LogP contribution >= 0.6 is 34.8 Å². The van der Waals surface area contributed by atoms with Crippen molar-refractivity contribution in [1.29, 1.82) is 0 Å². The first-order chi connectivity index (χ1) is 10.9. The van der Waals surface area contributed by atoms with Gasteiger partial charge in [0.25, 0.3) is 0 Å². The Hall–Kier alpha value is -1.26. The molecule has 23 heavy (non-hydrogen) atoms. The van der Waals surface area contributed by atoms with E-state index in [0.717, 1.165) is 11.1 Å². The number of aliphatic hydroxyl groups excluding tert-OH is 1. The van der Waals surface area contributed by atoms with Gasteiger partial charge in [-0.2, -0.15) is 0 Å². The van der Waals surface area contributed by atoms with E-state index in [-0.39, 0.29) is 15.6 Å². The highest BCUT2D eigenvalue weighted by Crippen LogP contribution is 2.29. The molecule has 0 aliphatic heterocycles. The number of methoxy groups -OCH3 is 1. The molecule has 0 fully saturated rings. The summed E-state index contributed by atoms with van der Waals surface area (Å²) < 4.78 is 4.64. The van der Waals surface area contributed by atoms with Gasteiger partial charge in [-0.3, -0.25) is 0 Å². The summed E-state index contributed by atoms with van der Waals surface area (Å²) in [5.41, 5.74) is 1.73. The van der Waals surface area contributed by atoms with Crippen molar-refractivity contribution >= 4 is 40.8 Å². The standard InChI is InChI=1S/C17H15Cl3O3/c1-23-17(22)16-13(19)7-10(8-14(16)20)5-6-15(21)11-3-2-4-12(18)9-11/h2-4,7-9,15,21H,5-6H2,1H3. The summed E-state index contributed by atoms with van der Waals surface area (Å²) in [6.45, 7) is 0. The van der Waals surface area contributed by atoms with E-state index >= 15 is 0 Å². The van der Waals surface area contributed by atoms with Crippen LogP contribution in [0.2, 0.25) is 15.1 Å². The smallest absolute Gasteiger partial charge is 0.340 e. The quantitative estimate of drug-likeness (QED) is 0.742. The predicted octanol–water partition coefficient (Wildman–Crippen LogP) is 5.10. The minimum Gasteiger partial charge on any atom is -0.465 e. The van der Waals surface area contributed by atoms with Crippen LogP contribution in [0.15, 0.2) is 36.4 Å². The third-order valence-corrected chi connectivity index (χ3v) is 4.26. The largest absolute Gasteiger partial charge is 0.465 e. The predicted molar refractivity (Wildman–Crippen MR) is 92.5 cm³/mol. The Labute approximate surface area is 149 Å². The maximum absolute atomic E-state index is 11.6. The molecular weight excluding hydrogens is 359 g/mol. The molecule has 0 radical (unpaired) electrons. The molecule has 122 valence electrons. The number of ether oxygens (including phenoxy) is 1. The van der Waals surface area contributed by atoms with Crippen LogP contribution in [0.5, 0.6) is 0 Å². The molecule has 0 saturated heterocycles. The number of aryl methyl sites for hydroxylation is 1. The Morgan fingerprint density at radius 2 is 1.83 bits per heavy atom. The Kier molecular flexibility index (Phi) is 6.31. The van der Waals surface area contributed by atoms with Crippen molar-refractivity contribution < 1.29 is 14.6 Å². The SMILES string of the molecule is COC(=O)c1c(Cl)cc(CCC(O)c2cccc(Cl)c2)cc1Cl. The Balaban J connectivity index is 2.11. The fourth-order valence-electron chi connectivity index (χ4n) is 2.25. The number of benzene rings is 2. The zero-order valence-corrected chi connectivity index (χ0v) is 14.6. The molecule has 2 aromatic carbocycles. The van der Waals surface area contributed by atoms with Crippen LogP contribution in [0, 0.1) is 0 Å². The van der Waals surface area contributed by atoms with Crippen LogP contribution in [-0.4, -0.2) is 18.2 Å². The van der Waals surface area contributed by atoms with E-state index in [1.54, 1.807) is 30.3 Å². The van der Waals surface area contributed by atoms with Crippen LogP contribution in [0.3, 0.4) is 0 Å². The lowest BCUT2D eigenvalue weighted by Crippen LogP contribution is -2.05. The van der Waals surface area contributed by atoms with Crippen molar-refractivity contribution in [1.82, 2.24) is 0 Å². The van der Waals surface area contributed by atoms with Gasteiger partial charge in [0.15, 0.2) is 0 Å². The summed E-state index contributed by atoms with van der Waals surface area (Å²) in [7, 11) is 1.27. The highest BCUT2D eigenvalue weighted by atomic mass is 35.5. The van der Waals surface area contributed by atoms with Gasteiger partial charge in [0, 0.05) is 5.02 Å². The minimum atomic E-state index is -0.647. The van der Waals surface area contributed by atoms with Gasteiger partial charge in [0.05, 0.1) is 28.8 Å². The first kappa shape index (κ1) is 18.1. The highest BCUT2D eigenvalue weighted by molar-refractivity contribution is 6.39. The van der Waals surface area contributed by atoms with Gasteiger partial charge in [0.2, 0.25) is 0 Å². The average Bonchev–Trinajstić information content (AvgIpc) is 2.51. The van der Waals surface area contributed by atoms with Gasteiger partial charge in [-0.15, -0.1) is 0 Å². The zero-order chi connectivity index (χ0) is 17.0. The molecule has 0 aromatic heterocycles. The molecule has 0 aliphatic carbocycles. The molecule has 6 heteroatoms. The number of halogens is 3. The molecule has 3 nitrogen and oxygen atoms in total. The fraction of sp³-hybridized carbons (Fsp3) is 0.235. The normalized spacial score (nSPS) is 12.0. The molecule has 2 rings (SSSR count). The van der Waals surface area contributed by atoms with E-state index in [1.165, 1.54) is 7.11 Å². The molecule has 1 atom stereocenters. The molecule has 1 N–H and O–H groups in total. The molecular formula is C17H15Cl3O3. The summed E-state index contributed by atoms with van der Waals surface area (Å²) >= 11 is 18.1. The molecule has 2 aromatic rings. The number of aliphatic hydroxyl groups is 1. The van der Waals surface area contributed by atoms with E-state index in [9.17, 15) is 9.90 Å². The van der Waals surface area contributed by atoms with Crippen molar-refractivity contribution in [3.8, 4) is 0 Å². The maximum Gasteiger partial charge on any atom is 0.340 e. The summed E-state index contributed by atoms with van der Waals surface area (Å²) in [6, 6.07) is 10.4. The number of esters is 1. The second kappa shape index (κ2) is 8.02. The van der Waals surface area contributed by atoms with Crippen molar-refractivity contribution in [3.05, 3.63) is 68.2 Å². The summed E-state index contributed by atoms with van der Waals surface area (Å²) in [4.78, 5) is 11.6. The monoisotopic (exact) mass is 372 g/mol. The molecule has 0 bridgehead atoms. The third kappa shape index (κ3) is 4.61. The van der Waals surface area contributed by atoms with E-state index in [2.05, 4.69) is 4.74 Å². The van der Waals surface area contributed by atoms with Crippen molar-refractivity contribution in [3.63, 3.8) is 0 Å².